The maximum Gasteiger partial charge on any atom is 0.420 e. The number of fused-ring (bicyclic) bond motifs is 1. The van der Waals surface area contributed by atoms with Gasteiger partial charge in [-0.15, -0.1) is 0 Å². The average molecular weight is 499 g/mol. The fourth-order valence-corrected chi connectivity index (χ4v) is 3.38. The minimum atomic E-state index is -4.81. The molecule has 0 aliphatic heterocycles. The molecule has 0 bridgehead atoms. The van der Waals surface area contributed by atoms with Crippen LogP contribution in [0.15, 0.2) is 48.7 Å². The molecule has 12 heteroatoms. The lowest BCUT2D eigenvalue weighted by atomic mass is 10.1. The lowest BCUT2D eigenvalue weighted by molar-refractivity contribution is -0.136. The number of hydroxylamine groups is 1. The third-order valence-corrected chi connectivity index (χ3v) is 5.21. The quantitative estimate of drug-likeness (QED) is 0.267. The Morgan fingerprint density at radius 2 is 1.94 bits per heavy atom. The van der Waals surface area contributed by atoms with Crippen molar-refractivity contribution in [3.05, 3.63) is 70.6 Å². The molecular formula is C22H19ClF4N4O3. The number of aromatic nitrogens is 1. The van der Waals surface area contributed by atoms with E-state index < -0.39 is 29.3 Å². The molecule has 3 aromatic rings. The average Bonchev–Trinajstić information content (AvgIpc) is 2.79. The van der Waals surface area contributed by atoms with Crippen LogP contribution in [-0.2, 0) is 27.1 Å². The van der Waals surface area contributed by atoms with Crippen LogP contribution in [0.3, 0.4) is 0 Å². The molecule has 0 unspecified atom stereocenters. The minimum absolute atomic E-state index is 0.00196. The second-order valence-corrected chi connectivity index (χ2v) is 7.40. The summed E-state index contributed by atoms with van der Waals surface area (Å²) >= 11 is 5.89. The lowest BCUT2D eigenvalue weighted by Crippen LogP contribution is -2.44. The van der Waals surface area contributed by atoms with E-state index in [0.717, 1.165) is 5.01 Å². The van der Waals surface area contributed by atoms with Crippen molar-refractivity contribution in [2.75, 3.05) is 18.2 Å². The first kappa shape index (κ1) is 25.3. The number of nitrogens with one attached hydrogen (secondary N) is 1. The van der Waals surface area contributed by atoms with Crippen molar-refractivity contribution in [2.45, 2.75) is 19.6 Å². The topological polar surface area (TPSA) is 74.8 Å². The fraction of sp³-hybridized carbons (Fsp3) is 0.227. The van der Waals surface area contributed by atoms with E-state index in [1.165, 1.54) is 43.5 Å². The molecule has 180 valence electrons. The van der Waals surface area contributed by atoms with Gasteiger partial charge in [-0.2, -0.15) is 18.2 Å². The maximum absolute atomic E-state index is 13.8. The highest BCUT2D eigenvalue weighted by molar-refractivity contribution is 6.31. The number of benzene rings is 2. The largest absolute Gasteiger partial charge is 0.420 e. The molecule has 0 aliphatic rings. The number of hydrogen-bond donors (Lipinski definition) is 1. The molecule has 0 fully saturated rings. The monoisotopic (exact) mass is 498 g/mol. The summed E-state index contributed by atoms with van der Waals surface area (Å²) in [6, 6.07) is 9.95. The highest BCUT2D eigenvalue weighted by Crippen LogP contribution is 2.40. The van der Waals surface area contributed by atoms with Crippen molar-refractivity contribution in [2.24, 2.45) is 0 Å². The zero-order chi connectivity index (χ0) is 24.9. The van der Waals surface area contributed by atoms with Crippen LogP contribution in [0.25, 0.3) is 10.8 Å². The molecule has 1 N–H and O–H groups in total. The first-order valence-corrected chi connectivity index (χ1v) is 10.3. The number of alkyl halides is 3. The number of anilines is 1. The van der Waals surface area contributed by atoms with Crippen LogP contribution in [0.5, 0.6) is 0 Å². The van der Waals surface area contributed by atoms with E-state index >= 15 is 0 Å². The number of hydrogen-bond acceptors (Lipinski definition) is 5. The Kier molecular flexibility index (Phi) is 8.02. The number of halogens is 5. The van der Waals surface area contributed by atoms with E-state index in [-0.39, 0.29) is 41.9 Å². The van der Waals surface area contributed by atoms with Gasteiger partial charge >= 0.3 is 6.18 Å². The number of amides is 2. The highest BCUT2D eigenvalue weighted by Gasteiger charge is 2.38. The molecule has 7 nitrogen and oxygen atoms in total. The van der Waals surface area contributed by atoms with E-state index in [1.807, 2.05) is 0 Å². The summed E-state index contributed by atoms with van der Waals surface area (Å²) in [6.45, 7) is 0.734. The van der Waals surface area contributed by atoms with Gasteiger partial charge in [0, 0.05) is 25.1 Å². The van der Waals surface area contributed by atoms with E-state index in [1.54, 1.807) is 12.1 Å². The zero-order valence-electron chi connectivity index (χ0n) is 17.8. The van der Waals surface area contributed by atoms with Crippen molar-refractivity contribution in [3.63, 3.8) is 0 Å². The first-order valence-electron chi connectivity index (χ1n) is 9.90. The molecule has 2 amide bonds. The summed E-state index contributed by atoms with van der Waals surface area (Å²) in [5, 5.41) is 1.46. The molecule has 2 aromatic carbocycles. The van der Waals surface area contributed by atoms with E-state index in [9.17, 15) is 27.2 Å². The van der Waals surface area contributed by atoms with E-state index in [2.05, 4.69) is 10.4 Å². The smallest absolute Gasteiger partial charge is 0.276 e. The molecule has 0 spiro atoms. The van der Waals surface area contributed by atoms with Crippen LogP contribution in [0, 0.1) is 5.82 Å². The van der Waals surface area contributed by atoms with Crippen LogP contribution in [0.4, 0.5) is 23.4 Å². The van der Waals surface area contributed by atoms with Gasteiger partial charge in [0.1, 0.15) is 11.4 Å². The Balaban J connectivity index is 1.73. The Bertz CT molecular complexity index is 1190. The molecular weight excluding hydrogens is 480 g/mol. The van der Waals surface area contributed by atoms with E-state index in [4.69, 9.17) is 16.4 Å². The Hall–Kier alpha value is -3.28. The van der Waals surface area contributed by atoms with Crippen molar-refractivity contribution in [1.29, 1.82) is 0 Å². The standard InChI is InChI=1S/C22H19ClF4N4O3/c1-14(33)30(29-12-16-6-4-8-18(24)20(16)23)9-10-34-31(13-32)21-19(22(25,26)27)17-7-3-2-5-15(17)11-28-21/h2-8,11,13,29H,9-10,12H2,1H3. The van der Waals surface area contributed by atoms with Crippen LogP contribution >= 0.6 is 11.6 Å². The predicted molar refractivity (Wildman–Crippen MR) is 117 cm³/mol. The van der Waals surface area contributed by atoms with Gasteiger partial charge in [0.15, 0.2) is 5.82 Å². The summed E-state index contributed by atoms with van der Waals surface area (Å²) in [4.78, 5) is 32.5. The summed E-state index contributed by atoms with van der Waals surface area (Å²) < 4.78 is 55.0. The molecule has 0 atom stereocenters. The highest BCUT2D eigenvalue weighted by atomic mass is 35.5. The van der Waals surface area contributed by atoms with Gasteiger partial charge in [0.05, 0.1) is 18.2 Å². The van der Waals surface area contributed by atoms with Crippen LogP contribution < -0.4 is 10.5 Å². The van der Waals surface area contributed by atoms with Crippen LogP contribution in [0.2, 0.25) is 5.02 Å². The number of carbonyl (C=O) groups is 2. The van der Waals surface area contributed by atoms with Crippen molar-refractivity contribution < 1.29 is 32.0 Å². The molecule has 1 heterocycles. The normalized spacial score (nSPS) is 11.5. The van der Waals surface area contributed by atoms with Gasteiger partial charge in [0.25, 0.3) is 0 Å². The summed E-state index contributed by atoms with van der Waals surface area (Å²) in [5.74, 6) is -1.80. The molecule has 0 saturated carbocycles. The third kappa shape index (κ3) is 5.79. The number of carbonyl (C=O) groups excluding carboxylic acids is 2. The summed E-state index contributed by atoms with van der Waals surface area (Å²) in [5.41, 5.74) is 2.01. The van der Waals surface area contributed by atoms with E-state index in [0.29, 0.717) is 10.6 Å². The van der Waals surface area contributed by atoms with Crippen LogP contribution in [-0.4, -0.2) is 35.5 Å². The van der Waals surface area contributed by atoms with Gasteiger partial charge in [-0.05, 0) is 17.0 Å². The van der Waals surface area contributed by atoms with Crippen molar-refractivity contribution >= 4 is 40.5 Å². The lowest BCUT2D eigenvalue weighted by Gasteiger charge is -2.25. The maximum atomic E-state index is 13.8. The molecule has 0 saturated heterocycles. The Labute approximate surface area is 196 Å². The van der Waals surface area contributed by atoms with Gasteiger partial charge in [0.2, 0.25) is 12.3 Å². The summed E-state index contributed by atoms with van der Waals surface area (Å²) in [6.07, 6.45) is -3.55. The van der Waals surface area contributed by atoms with Gasteiger partial charge < -0.3 is 0 Å². The third-order valence-electron chi connectivity index (χ3n) is 4.78. The first-order chi connectivity index (χ1) is 16.1. The molecule has 34 heavy (non-hydrogen) atoms. The SMILES string of the molecule is CC(=O)N(CCON(C=O)c1ncc2ccccc2c1C(F)(F)F)NCc1cccc(F)c1Cl. The zero-order valence-corrected chi connectivity index (χ0v) is 18.5. The van der Waals surface area contributed by atoms with Crippen molar-refractivity contribution in [1.82, 2.24) is 15.4 Å². The Morgan fingerprint density at radius 3 is 2.62 bits per heavy atom. The van der Waals surface area contributed by atoms with Gasteiger partial charge in [-0.1, -0.05) is 48.0 Å². The van der Waals surface area contributed by atoms with Gasteiger partial charge in [-0.25, -0.2) is 14.8 Å². The molecule has 0 radical (unpaired) electrons. The number of rotatable bonds is 9. The predicted octanol–water partition coefficient (Wildman–Crippen LogP) is 4.49. The Morgan fingerprint density at radius 1 is 1.21 bits per heavy atom. The second kappa shape index (κ2) is 10.8. The van der Waals surface area contributed by atoms with Crippen molar-refractivity contribution in [3.8, 4) is 0 Å². The summed E-state index contributed by atoms with van der Waals surface area (Å²) in [7, 11) is 0. The molecule has 0 aliphatic carbocycles. The van der Waals surface area contributed by atoms with Crippen LogP contribution in [0.1, 0.15) is 18.1 Å². The van der Waals surface area contributed by atoms with Gasteiger partial charge in [-0.3, -0.25) is 19.4 Å². The molecule has 3 rings (SSSR count). The fourth-order valence-electron chi connectivity index (χ4n) is 3.18. The second-order valence-electron chi connectivity index (χ2n) is 7.02. The number of hydrazine groups is 1. The number of nitrogens with zero attached hydrogens (tertiary/aromatic N) is 3. The molecule has 1 aromatic heterocycles. The minimum Gasteiger partial charge on any atom is -0.276 e. The number of pyridine rings is 1.